The summed E-state index contributed by atoms with van der Waals surface area (Å²) in [5.41, 5.74) is 2.13. The maximum atomic E-state index is 5.40. The first kappa shape index (κ1) is 20.3. The quantitative estimate of drug-likeness (QED) is 0.546. The van der Waals surface area contributed by atoms with Gasteiger partial charge in [-0.25, -0.2) is 4.98 Å². The van der Waals surface area contributed by atoms with E-state index in [1.54, 1.807) is 14.2 Å². The highest BCUT2D eigenvalue weighted by molar-refractivity contribution is 5.90. The van der Waals surface area contributed by atoms with Gasteiger partial charge in [0.25, 0.3) is 0 Å². The van der Waals surface area contributed by atoms with Gasteiger partial charge < -0.3 is 20.1 Å². The number of methoxy groups -OCH3 is 2. The van der Waals surface area contributed by atoms with E-state index in [0.29, 0.717) is 12.0 Å². The highest BCUT2D eigenvalue weighted by atomic mass is 16.5. The fourth-order valence-corrected chi connectivity index (χ4v) is 4.06. The molecule has 0 aliphatic heterocycles. The highest BCUT2D eigenvalue weighted by Gasteiger charge is 2.16. The lowest BCUT2D eigenvalue weighted by Crippen LogP contribution is -2.23. The van der Waals surface area contributed by atoms with Gasteiger partial charge in [-0.3, -0.25) is 0 Å². The Kier molecular flexibility index (Phi) is 6.52. The molecule has 1 fully saturated rings. The lowest BCUT2D eigenvalue weighted by molar-refractivity contribution is 0.354. The van der Waals surface area contributed by atoms with Gasteiger partial charge in [0.1, 0.15) is 5.82 Å². The molecule has 0 radical (unpaired) electrons. The summed E-state index contributed by atoms with van der Waals surface area (Å²) >= 11 is 0. The minimum absolute atomic E-state index is 0.497. The minimum Gasteiger partial charge on any atom is -0.493 e. The Morgan fingerprint density at radius 1 is 0.933 bits per heavy atom. The molecule has 0 unspecified atom stereocenters. The molecule has 6 heteroatoms. The predicted octanol–water partition coefficient (Wildman–Crippen LogP) is 5.05. The van der Waals surface area contributed by atoms with Crippen LogP contribution in [0.1, 0.15) is 37.7 Å². The molecule has 0 amide bonds. The molecular formula is C24H30N4O2. The highest BCUT2D eigenvalue weighted by Crippen LogP contribution is 2.28. The SMILES string of the molecule is COc1ccc(CCNc2nc(NC3CCCCC3)c3ccccc3n2)cc1OC. The molecule has 0 spiro atoms. The van der Waals surface area contributed by atoms with Crippen molar-refractivity contribution in [2.45, 2.75) is 44.6 Å². The number of ether oxygens (including phenoxy) is 2. The third-order valence-electron chi connectivity index (χ3n) is 5.69. The van der Waals surface area contributed by atoms with Crippen LogP contribution in [-0.4, -0.2) is 36.8 Å². The predicted molar refractivity (Wildman–Crippen MR) is 122 cm³/mol. The van der Waals surface area contributed by atoms with Crippen molar-refractivity contribution in [2.24, 2.45) is 0 Å². The number of benzene rings is 2. The summed E-state index contributed by atoms with van der Waals surface area (Å²) < 4.78 is 10.7. The lowest BCUT2D eigenvalue weighted by atomic mass is 9.95. The Bertz CT molecular complexity index is 986. The normalized spacial score (nSPS) is 14.5. The van der Waals surface area contributed by atoms with Gasteiger partial charge >= 0.3 is 0 Å². The first-order valence-electron chi connectivity index (χ1n) is 10.7. The number of fused-ring (bicyclic) bond motifs is 1. The molecule has 6 nitrogen and oxygen atoms in total. The number of nitrogens with one attached hydrogen (secondary N) is 2. The Morgan fingerprint density at radius 2 is 1.73 bits per heavy atom. The summed E-state index contributed by atoms with van der Waals surface area (Å²) in [6, 6.07) is 14.7. The number of hydrogen-bond donors (Lipinski definition) is 2. The van der Waals surface area contributed by atoms with Crippen LogP contribution in [-0.2, 0) is 6.42 Å². The van der Waals surface area contributed by atoms with E-state index in [0.717, 1.165) is 41.2 Å². The maximum Gasteiger partial charge on any atom is 0.225 e. The Hall–Kier alpha value is -3.02. The zero-order valence-corrected chi connectivity index (χ0v) is 17.8. The largest absolute Gasteiger partial charge is 0.493 e. The molecule has 1 aliphatic rings. The number of anilines is 2. The fraction of sp³-hybridized carbons (Fsp3) is 0.417. The summed E-state index contributed by atoms with van der Waals surface area (Å²) in [6.45, 7) is 0.733. The first-order valence-corrected chi connectivity index (χ1v) is 10.7. The zero-order chi connectivity index (χ0) is 20.8. The van der Waals surface area contributed by atoms with E-state index in [2.05, 4.69) is 22.8 Å². The van der Waals surface area contributed by atoms with Gasteiger partial charge in [0.15, 0.2) is 11.5 Å². The average Bonchev–Trinajstić information content (AvgIpc) is 2.79. The van der Waals surface area contributed by atoms with Crippen molar-refractivity contribution in [3.8, 4) is 11.5 Å². The van der Waals surface area contributed by atoms with Crippen LogP contribution < -0.4 is 20.1 Å². The Balaban J connectivity index is 1.47. The maximum absolute atomic E-state index is 5.40. The van der Waals surface area contributed by atoms with Crippen LogP contribution in [0.2, 0.25) is 0 Å². The third-order valence-corrected chi connectivity index (χ3v) is 5.69. The Morgan fingerprint density at radius 3 is 2.53 bits per heavy atom. The van der Waals surface area contributed by atoms with Crippen molar-refractivity contribution in [3.63, 3.8) is 0 Å². The first-order chi connectivity index (χ1) is 14.8. The van der Waals surface area contributed by atoms with Gasteiger partial charge in [-0.1, -0.05) is 37.5 Å². The van der Waals surface area contributed by atoms with E-state index >= 15 is 0 Å². The summed E-state index contributed by atoms with van der Waals surface area (Å²) in [5.74, 6) is 3.08. The fourth-order valence-electron chi connectivity index (χ4n) is 4.06. The van der Waals surface area contributed by atoms with Crippen molar-refractivity contribution < 1.29 is 9.47 Å². The second-order valence-corrected chi connectivity index (χ2v) is 7.76. The molecular weight excluding hydrogens is 376 g/mol. The van der Waals surface area contributed by atoms with Crippen LogP contribution in [0.25, 0.3) is 10.9 Å². The van der Waals surface area contributed by atoms with Gasteiger partial charge in [-0.2, -0.15) is 4.98 Å². The van der Waals surface area contributed by atoms with Gasteiger partial charge in [0, 0.05) is 18.0 Å². The van der Waals surface area contributed by atoms with Gasteiger partial charge in [0.05, 0.1) is 19.7 Å². The molecule has 2 N–H and O–H groups in total. The molecule has 3 aromatic rings. The molecule has 4 rings (SSSR count). The zero-order valence-electron chi connectivity index (χ0n) is 17.8. The minimum atomic E-state index is 0.497. The summed E-state index contributed by atoms with van der Waals surface area (Å²) in [7, 11) is 3.30. The third kappa shape index (κ3) is 4.75. The smallest absolute Gasteiger partial charge is 0.225 e. The van der Waals surface area contributed by atoms with E-state index in [9.17, 15) is 0 Å². The monoisotopic (exact) mass is 406 g/mol. The van der Waals surface area contributed by atoms with E-state index in [1.807, 2.05) is 30.3 Å². The average molecular weight is 407 g/mol. The van der Waals surface area contributed by atoms with Crippen LogP contribution in [0.5, 0.6) is 11.5 Å². The second kappa shape index (κ2) is 9.65. The van der Waals surface area contributed by atoms with Crippen molar-refractivity contribution >= 4 is 22.7 Å². The Labute approximate surface area is 178 Å². The molecule has 2 aromatic carbocycles. The van der Waals surface area contributed by atoms with Gasteiger partial charge in [-0.15, -0.1) is 0 Å². The number of rotatable bonds is 8. The molecule has 1 saturated carbocycles. The van der Waals surface area contributed by atoms with E-state index < -0.39 is 0 Å². The molecule has 1 heterocycles. The second-order valence-electron chi connectivity index (χ2n) is 7.76. The number of aromatic nitrogens is 2. The summed E-state index contributed by atoms with van der Waals surface area (Å²) in [6.07, 6.45) is 7.17. The van der Waals surface area contributed by atoms with Crippen molar-refractivity contribution in [2.75, 3.05) is 31.4 Å². The summed E-state index contributed by atoms with van der Waals surface area (Å²) in [5, 5.41) is 8.15. The lowest BCUT2D eigenvalue weighted by Gasteiger charge is -2.24. The molecule has 1 aromatic heterocycles. The van der Waals surface area contributed by atoms with E-state index in [4.69, 9.17) is 19.4 Å². The van der Waals surface area contributed by atoms with Crippen LogP contribution in [0, 0.1) is 0 Å². The molecule has 30 heavy (non-hydrogen) atoms. The van der Waals surface area contributed by atoms with Crippen molar-refractivity contribution in [1.29, 1.82) is 0 Å². The van der Waals surface area contributed by atoms with E-state index in [-0.39, 0.29) is 0 Å². The molecule has 0 atom stereocenters. The number of hydrogen-bond acceptors (Lipinski definition) is 6. The van der Waals surface area contributed by atoms with E-state index in [1.165, 1.54) is 37.7 Å². The number of nitrogens with zero attached hydrogens (tertiary/aromatic N) is 2. The van der Waals surface area contributed by atoms with Crippen LogP contribution in [0.3, 0.4) is 0 Å². The summed E-state index contributed by atoms with van der Waals surface area (Å²) in [4.78, 5) is 9.52. The van der Waals surface area contributed by atoms with Crippen molar-refractivity contribution in [3.05, 3.63) is 48.0 Å². The molecule has 1 aliphatic carbocycles. The standard InChI is InChI=1S/C24H30N4O2/c1-29-21-13-12-17(16-22(21)30-2)14-15-25-24-27-20-11-7-6-10-19(20)23(28-24)26-18-8-4-3-5-9-18/h6-7,10-13,16,18H,3-5,8-9,14-15H2,1-2H3,(H2,25,26,27,28). The van der Waals surface area contributed by atoms with Crippen molar-refractivity contribution in [1.82, 2.24) is 9.97 Å². The van der Waals surface area contributed by atoms with Crippen LogP contribution in [0.15, 0.2) is 42.5 Å². The van der Waals surface area contributed by atoms with Gasteiger partial charge in [-0.05, 0) is 49.1 Å². The van der Waals surface area contributed by atoms with Crippen LogP contribution in [0.4, 0.5) is 11.8 Å². The topological polar surface area (TPSA) is 68.3 Å². The van der Waals surface area contributed by atoms with Gasteiger partial charge in [0.2, 0.25) is 5.95 Å². The molecule has 0 bridgehead atoms. The number of para-hydroxylation sites is 1. The molecule has 158 valence electrons. The van der Waals surface area contributed by atoms with Crippen LogP contribution >= 0.6 is 0 Å². The molecule has 0 saturated heterocycles.